The summed E-state index contributed by atoms with van der Waals surface area (Å²) in [5.41, 5.74) is 0.712. The lowest BCUT2D eigenvalue weighted by molar-refractivity contribution is -0.384. The van der Waals surface area contributed by atoms with Crippen LogP contribution in [0.1, 0.15) is 24.5 Å². The first-order valence-corrected chi connectivity index (χ1v) is 6.53. The topological polar surface area (TPSA) is 68.3 Å². The van der Waals surface area contributed by atoms with E-state index < -0.39 is 4.92 Å². The molecule has 0 aliphatic heterocycles. The van der Waals surface area contributed by atoms with Crippen molar-refractivity contribution in [2.45, 2.75) is 19.9 Å². The summed E-state index contributed by atoms with van der Waals surface area (Å²) in [4.78, 5) is 10.4. The summed E-state index contributed by atoms with van der Waals surface area (Å²) in [6.07, 6.45) is 0. The van der Waals surface area contributed by atoms with E-state index in [-0.39, 0.29) is 11.7 Å². The van der Waals surface area contributed by atoms with Crippen LogP contribution in [-0.4, -0.2) is 4.92 Å². The molecule has 100 valence electrons. The normalized spacial score (nSPS) is 12.2. The number of rotatable bonds is 4. The Morgan fingerprint density at radius 3 is 2.68 bits per heavy atom. The van der Waals surface area contributed by atoms with Crippen LogP contribution in [0.3, 0.4) is 0 Å². The van der Waals surface area contributed by atoms with Gasteiger partial charge in [-0.1, -0.05) is 0 Å². The van der Waals surface area contributed by atoms with Gasteiger partial charge in [0.2, 0.25) is 0 Å². The van der Waals surface area contributed by atoms with Crippen LogP contribution < -0.4 is 5.32 Å². The summed E-state index contributed by atoms with van der Waals surface area (Å²) in [5.74, 6) is 1.62. The second-order valence-electron chi connectivity index (χ2n) is 4.24. The molecule has 0 bridgehead atoms. The van der Waals surface area contributed by atoms with Gasteiger partial charge in [-0.15, -0.1) is 0 Å². The van der Waals surface area contributed by atoms with Gasteiger partial charge in [0, 0.05) is 16.6 Å². The summed E-state index contributed by atoms with van der Waals surface area (Å²) < 4.78 is 6.29. The minimum atomic E-state index is -0.417. The Bertz CT molecular complexity index is 610. The van der Waals surface area contributed by atoms with Crippen molar-refractivity contribution in [2.75, 3.05) is 5.32 Å². The maximum atomic E-state index is 10.8. The van der Waals surface area contributed by atoms with Crippen LogP contribution in [0.4, 0.5) is 11.4 Å². The van der Waals surface area contributed by atoms with Crippen LogP contribution in [0.5, 0.6) is 0 Å². The summed E-state index contributed by atoms with van der Waals surface area (Å²) in [7, 11) is 0. The number of hydrogen-bond donors (Lipinski definition) is 1. The summed E-state index contributed by atoms with van der Waals surface area (Å²) in [5, 5.41) is 14.0. The van der Waals surface area contributed by atoms with Crippen LogP contribution in [0.25, 0.3) is 0 Å². The van der Waals surface area contributed by atoms with Gasteiger partial charge >= 0.3 is 0 Å². The average Bonchev–Trinajstić information content (AvgIpc) is 2.78. The molecule has 0 saturated carbocycles. The first-order chi connectivity index (χ1) is 8.97. The zero-order valence-electron chi connectivity index (χ0n) is 10.5. The van der Waals surface area contributed by atoms with Crippen LogP contribution in [-0.2, 0) is 0 Å². The molecule has 2 aromatic rings. The van der Waals surface area contributed by atoms with E-state index in [1.807, 2.05) is 26.0 Å². The molecule has 0 amide bonds. The maximum Gasteiger partial charge on any atom is 0.271 e. The molecule has 0 saturated heterocycles. The lowest BCUT2D eigenvalue weighted by atomic mass is 10.2. The van der Waals surface area contributed by atoms with Crippen molar-refractivity contribution < 1.29 is 9.34 Å². The molecule has 0 aliphatic carbocycles. The van der Waals surface area contributed by atoms with Gasteiger partial charge in [0.1, 0.15) is 11.5 Å². The number of halogens is 1. The Kier molecular flexibility index (Phi) is 3.90. The first-order valence-electron chi connectivity index (χ1n) is 5.74. The molecule has 0 spiro atoms. The van der Waals surface area contributed by atoms with Crippen molar-refractivity contribution in [2.24, 2.45) is 0 Å². The van der Waals surface area contributed by atoms with Crippen molar-refractivity contribution in [1.29, 1.82) is 0 Å². The van der Waals surface area contributed by atoms with Gasteiger partial charge in [-0.25, -0.2) is 0 Å². The van der Waals surface area contributed by atoms with E-state index in [4.69, 9.17) is 4.42 Å². The number of non-ortho nitro benzene ring substituents is 1. The highest BCUT2D eigenvalue weighted by Crippen LogP contribution is 2.30. The Hall–Kier alpha value is -1.82. The van der Waals surface area contributed by atoms with E-state index in [0.717, 1.165) is 16.0 Å². The Morgan fingerprint density at radius 1 is 1.37 bits per heavy atom. The van der Waals surface area contributed by atoms with E-state index >= 15 is 0 Å². The largest absolute Gasteiger partial charge is 0.464 e. The van der Waals surface area contributed by atoms with Crippen LogP contribution in [0, 0.1) is 17.0 Å². The van der Waals surface area contributed by atoms with Gasteiger partial charge in [-0.3, -0.25) is 10.1 Å². The van der Waals surface area contributed by atoms with E-state index in [1.165, 1.54) is 12.1 Å². The first kappa shape index (κ1) is 13.6. The predicted molar refractivity (Wildman–Crippen MR) is 76.3 cm³/mol. The fraction of sp³-hybridized carbons (Fsp3) is 0.231. The lowest BCUT2D eigenvalue weighted by Crippen LogP contribution is -2.06. The molecule has 0 radical (unpaired) electrons. The van der Waals surface area contributed by atoms with Crippen molar-refractivity contribution in [3.63, 3.8) is 0 Å². The molecule has 1 N–H and O–H groups in total. The second kappa shape index (κ2) is 5.44. The number of benzene rings is 1. The molecular weight excluding hydrogens is 312 g/mol. The fourth-order valence-corrected chi connectivity index (χ4v) is 2.09. The Labute approximate surface area is 118 Å². The fourth-order valence-electron chi connectivity index (χ4n) is 1.73. The Morgan fingerprint density at radius 2 is 2.11 bits per heavy atom. The lowest BCUT2D eigenvalue weighted by Gasteiger charge is -2.14. The molecule has 1 heterocycles. The SMILES string of the molecule is Cc1ccc(C(C)Nc2cc([N+](=O)[O-])ccc2Br)o1. The van der Waals surface area contributed by atoms with Gasteiger partial charge in [0.05, 0.1) is 16.7 Å². The van der Waals surface area contributed by atoms with E-state index in [1.54, 1.807) is 6.07 Å². The average molecular weight is 325 g/mol. The molecule has 1 atom stereocenters. The molecule has 2 rings (SSSR count). The molecule has 1 aromatic heterocycles. The molecule has 1 unspecified atom stereocenters. The van der Waals surface area contributed by atoms with E-state index in [0.29, 0.717) is 5.69 Å². The highest BCUT2D eigenvalue weighted by molar-refractivity contribution is 9.10. The number of hydrogen-bond acceptors (Lipinski definition) is 4. The highest BCUT2D eigenvalue weighted by Gasteiger charge is 2.14. The quantitative estimate of drug-likeness (QED) is 0.667. The van der Waals surface area contributed by atoms with Gasteiger partial charge in [0.25, 0.3) is 5.69 Å². The number of furan rings is 1. The van der Waals surface area contributed by atoms with Gasteiger partial charge < -0.3 is 9.73 Å². The van der Waals surface area contributed by atoms with Crippen LogP contribution in [0.15, 0.2) is 39.2 Å². The smallest absolute Gasteiger partial charge is 0.271 e. The van der Waals surface area contributed by atoms with Gasteiger partial charge in [-0.2, -0.15) is 0 Å². The van der Waals surface area contributed by atoms with Crippen molar-refractivity contribution >= 4 is 27.3 Å². The third-order valence-corrected chi connectivity index (χ3v) is 3.41. The number of anilines is 1. The summed E-state index contributed by atoms with van der Waals surface area (Å²) >= 11 is 3.37. The Balaban J connectivity index is 2.22. The summed E-state index contributed by atoms with van der Waals surface area (Å²) in [6.45, 7) is 3.81. The number of nitro groups is 1. The number of nitro benzene ring substituents is 1. The minimum absolute atomic E-state index is 0.0496. The summed E-state index contributed by atoms with van der Waals surface area (Å²) in [6, 6.07) is 8.30. The van der Waals surface area contributed by atoms with Crippen LogP contribution in [0.2, 0.25) is 0 Å². The number of aryl methyl sites for hydroxylation is 1. The van der Waals surface area contributed by atoms with E-state index in [9.17, 15) is 10.1 Å². The zero-order valence-corrected chi connectivity index (χ0v) is 12.1. The zero-order chi connectivity index (χ0) is 14.0. The second-order valence-corrected chi connectivity index (χ2v) is 5.09. The molecule has 5 nitrogen and oxygen atoms in total. The number of nitrogens with zero attached hydrogens (tertiary/aromatic N) is 1. The van der Waals surface area contributed by atoms with Crippen molar-refractivity contribution in [3.8, 4) is 0 Å². The van der Waals surface area contributed by atoms with Crippen molar-refractivity contribution in [3.05, 3.63) is 56.4 Å². The monoisotopic (exact) mass is 324 g/mol. The van der Waals surface area contributed by atoms with Crippen LogP contribution >= 0.6 is 15.9 Å². The van der Waals surface area contributed by atoms with Gasteiger partial charge in [0.15, 0.2) is 0 Å². The third-order valence-electron chi connectivity index (χ3n) is 2.72. The molecule has 0 aliphatic rings. The van der Waals surface area contributed by atoms with Gasteiger partial charge in [-0.05, 0) is 48.0 Å². The molecular formula is C13H13BrN2O3. The standard InChI is InChI=1S/C13H13BrN2O3/c1-8-3-6-13(19-8)9(2)15-12-7-10(16(17)18)4-5-11(12)14/h3-7,9,15H,1-2H3. The minimum Gasteiger partial charge on any atom is -0.464 e. The predicted octanol–water partition coefficient (Wildman–Crippen LogP) is 4.43. The van der Waals surface area contributed by atoms with Crippen molar-refractivity contribution in [1.82, 2.24) is 0 Å². The highest BCUT2D eigenvalue weighted by atomic mass is 79.9. The maximum absolute atomic E-state index is 10.8. The molecule has 0 fully saturated rings. The molecule has 6 heteroatoms. The molecule has 1 aromatic carbocycles. The third kappa shape index (κ3) is 3.14. The van der Waals surface area contributed by atoms with E-state index in [2.05, 4.69) is 21.2 Å². The molecule has 19 heavy (non-hydrogen) atoms. The number of nitrogens with one attached hydrogen (secondary N) is 1.